The monoisotopic (exact) mass is 578 g/mol. The lowest BCUT2D eigenvalue weighted by atomic mass is 10.1. The van der Waals surface area contributed by atoms with E-state index in [9.17, 15) is 17.6 Å². The number of aryl methyl sites for hydroxylation is 1. The number of nitrogens with zero attached hydrogens (tertiary/aromatic N) is 2. The highest BCUT2D eigenvalue weighted by Crippen LogP contribution is 2.46. The van der Waals surface area contributed by atoms with Gasteiger partial charge in [-0.05, 0) is 77.9 Å². The zero-order chi connectivity index (χ0) is 23.9. The number of nitrogens with one attached hydrogen (secondary N) is 2. The molecular weight excluding hydrogens is 558 g/mol. The highest BCUT2D eigenvalue weighted by molar-refractivity contribution is 14.1. The number of pyridine rings is 1. The van der Waals surface area contributed by atoms with Crippen molar-refractivity contribution in [1.29, 1.82) is 5.26 Å². The van der Waals surface area contributed by atoms with E-state index in [0.717, 1.165) is 5.56 Å². The molecule has 0 radical (unpaired) electrons. The number of hydrogen-bond acceptors (Lipinski definition) is 5. The number of halogens is 2. The zero-order valence-corrected chi connectivity index (χ0v) is 20.7. The van der Waals surface area contributed by atoms with Gasteiger partial charge < -0.3 is 5.32 Å². The summed E-state index contributed by atoms with van der Waals surface area (Å²) in [5, 5.41) is 11.2. The molecule has 10 heteroatoms. The molecule has 0 amide bonds. The van der Waals surface area contributed by atoms with E-state index in [2.05, 4.69) is 10.0 Å². The first-order valence-electron chi connectivity index (χ1n) is 10.0. The van der Waals surface area contributed by atoms with Crippen molar-refractivity contribution in [3.63, 3.8) is 0 Å². The lowest BCUT2D eigenvalue weighted by Gasteiger charge is -2.19. The van der Waals surface area contributed by atoms with Gasteiger partial charge >= 0.3 is 0 Å². The Hall–Kier alpha value is -2.91. The highest BCUT2D eigenvalue weighted by Gasteiger charge is 2.48. The molecule has 1 aliphatic carbocycles. The van der Waals surface area contributed by atoms with Gasteiger partial charge in [-0.25, -0.2) is 12.8 Å². The number of anilines is 3. The van der Waals surface area contributed by atoms with E-state index in [4.69, 9.17) is 5.26 Å². The lowest BCUT2D eigenvalue weighted by molar-refractivity contribution is 0.599. The predicted molar refractivity (Wildman–Crippen MR) is 134 cm³/mol. The van der Waals surface area contributed by atoms with Crippen molar-refractivity contribution < 1.29 is 12.8 Å². The second-order valence-corrected chi connectivity index (χ2v) is 11.1. The Kier molecular flexibility index (Phi) is 6.20. The Bertz CT molecular complexity index is 1450. The van der Waals surface area contributed by atoms with Crippen molar-refractivity contribution in [3.05, 3.63) is 85.0 Å². The summed E-state index contributed by atoms with van der Waals surface area (Å²) in [7, 11) is -2.30. The van der Waals surface area contributed by atoms with Gasteiger partial charge in [0.15, 0.2) is 0 Å². The summed E-state index contributed by atoms with van der Waals surface area (Å²) in [6, 6.07) is 14.9. The van der Waals surface area contributed by atoms with Crippen molar-refractivity contribution in [2.45, 2.75) is 24.5 Å². The van der Waals surface area contributed by atoms with E-state index in [-0.39, 0.29) is 28.7 Å². The fourth-order valence-corrected chi connectivity index (χ4v) is 5.86. The average molecular weight is 578 g/mol. The summed E-state index contributed by atoms with van der Waals surface area (Å²) in [4.78, 5) is 12.5. The molecular formula is C23H20FIN4O3S. The highest BCUT2D eigenvalue weighted by atomic mass is 127. The van der Waals surface area contributed by atoms with Crippen LogP contribution in [0, 0.1) is 27.6 Å². The fourth-order valence-electron chi connectivity index (χ4n) is 3.74. The second-order valence-electron chi connectivity index (χ2n) is 7.96. The molecule has 1 heterocycles. The molecule has 0 bridgehead atoms. The van der Waals surface area contributed by atoms with Gasteiger partial charge in [-0.1, -0.05) is 12.1 Å². The molecule has 4 rings (SSSR count). The SMILES string of the molecule is Cc1cc(NS(=O)(=O)C2CC2c2ccc(C#N)cc2)c(Nc2ccc(I)cc2F)n(C)c1=O. The molecule has 0 saturated heterocycles. The van der Waals surface area contributed by atoms with Gasteiger partial charge in [-0.3, -0.25) is 14.1 Å². The molecule has 170 valence electrons. The Labute approximate surface area is 204 Å². The molecule has 2 unspecified atom stereocenters. The summed E-state index contributed by atoms with van der Waals surface area (Å²) < 4.78 is 45.3. The van der Waals surface area contributed by atoms with Gasteiger partial charge in [0.25, 0.3) is 5.56 Å². The van der Waals surface area contributed by atoms with Gasteiger partial charge in [-0.15, -0.1) is 0 Å². The lowest BCUT2D eigenvalue weighted by Crippen LogP contribution is -2.26. The maximum atomic E-state index is 14.4. The van der Waals surface area contributed by atoms with Crippen LogP contribution in [-0.2, 0) is 17.1 Å². The second kappa shape index (κ2) is 8.79. The Morgan fingerprint density at radius 3 is 2.48 bits per heavy atom. The van der Waals surface area contributed by atoms with Gasteiger partial charge in [-0.2, -0.15) is 5.26 Å². The minimum Gasteiger partial charge on any atom is -0.337 e. The molecule has 33 heavy (non-hydrogen) atoms. The van der Waals surface area contributed by atoms with Crippen LogP contribution in [0.1, 0.15) is 29.0 Å². The van der Waals surface area contributed by atoms with Crippen molar-refractivity contribution in [2.75, 3.05) is 10.0 Å². The Balaban J connectivity index is 1.64. The van der Waals surface area contributed by atoms with Gasteiger partial charge in [0.1, 0.15) is 11.6 Å². The normalized spacial score (nSPS) is 17.3. The average Bonchev–Trinajstić information content (AvgIpc) is 3.58. The topological polar surface area (TPSA) is 104 Å². The first-order chi connectivity index (χ1) is 15.6. The first-order valence-corrected chi connectivity index (χ1v) is 12.7. The van der Waals surface area contributed by atoms with Crippen molar-refractivity contribution >= 4 is 49.8 Å². The van der Waals surface area contributed by atoms with Crippen LogP contribution in [0.2, 0.25) is 0 Å². The van der Waals surface area contributed by atoms with Crippen molar-refractivity contribution in [3.8, 4) is 6.07 Å². The quantitative estimate of drug-likeness (QED) is 0.424. The van der Waals surface area contributed by atoms with Crippen molar-refractivity contribution in [1.82, 2.24) is 4.57 Å². The molecule has 2 atom stereocenters. The van der Waals surface area contributed by atoms with Gasteiger partial charge in [0, 0.05) is 22.1 Å². The molecule has 1 aromatic heterocycles. The molecule has 0 aliphatic heterocycles. The first kappa shape index (κ1) is 23.3. The van der Waals surface area contributed by atoms with Crippen LogP contribution >= 0.6 is 22.6 Å². The van der Waals surface area contributed by atoms with Crippen LogP contribution in [0.4, 0.5) is 21.6 Å². The Morgan fingerprint density at radius 1 is 1.15 bits per heavy atom. The number of nitriles is 1. The third kappa shape index (κ3) is 4.74. The summed E-state index contributed by atoms with van der Waals surface area (Å²) in [6.45, 7) is 1.59. The molecule has 3 aromatic rings. The Morgan fingerprint density at radius 2 is 1.85 bits per heavy atom. The van der Waals surface area contributed by atoms with Crippen LogP contribution in [0.25, 0.3) is 0 Å². The number of sulfonamides is 1. The van der Waals surface area contributed by atoms with E-state index in [1.165, 1.54) is 29.8 Å². The summed E-state index contributed by atoms with van der Waals surface area (Å²) in [5.41, 5.74) is 1.67. The van der Waals surface area contributed by atoms with Crippen LogP contribution in [0.5, 0.6) is 0 Å². The van der Waals surface area contributed by atoms with Gasteiger partial charge in [0.2, 0.25) is 10.0 Å². The molecule has 1 fully saturated rings. The maximum absolute atomic E-state index is 14.4. The smallest absolute Gasteiger partial charge is 0.254 e. The van der Waals surface area contributed by atoms with Crippen LogP contribution in [-0.4, -0.2) is 18.2 Å². The van der Waals surface area contributed by atoms with E-state index < -0.39 is 21.1 Å². The fraction of sp³-hybridized carbons (Fsp3) is 0.217. The van der Waals surface area contributed by atoms with Crippen LogP contribution < -0.4 is 15.6 Å². The van der Waals surface area contributed by atoms with Gasteiger partial charge in [0.05, 0.1) is 28.3 Å². The minimum absolute atomic E-state index is 0.122. The van der Waals surface area contributed by atoms with Crippen molar-refractivity contribution in [2.24, 2.45) is 7.05 Å². The number of aromatic nitrogens is 1. The van der Waals surface area contributed by atoms with Crippen LogP contribution in [0.15, 0.2) is 53.3 Å². The molecule has 1 saturated carbocycles. The molecule has 7 nitrogen and oxygen atoms in total. The zero-order valence-electron chi connectivity index (χ0n) is 17.8. The molecule has 1 aliphatic rings. The maximum Gasteiger partial charge on any atom is 0.254 e. The molecule has 2 N–H and O–H groups in total. The molecule has 0 spiro atoms. The number of rotatable bonds is 6. The largest absolute Gasteiger partial charge is 0.337 e. The summed E-state index contributed by atoms with van der Waals surface area (Å²) >= 11 is 1.99. The minimum atomic E-state index is -3.80. The molecule has 2 aromatic carbocycles. The number of benzene rings is 2. The van der Waals surface area contributed by atoms with Crippen LogP contribution in [0.3, 0.4) is 0 Å². The van der Waals surface area contributed by atoms with E-state index in [1.807, 2.05) is 28.7 Å². The summed E-state index contributed by atoms with van der Waals surface area (Å²) in [6.07, 6.45) is 0.445. The van der Waals surface area contributed by atoms with E-state index in [1.54, 1.807) is 37.3 Å². The van der Waals surface area contributed by atoms with E-state index >= 15 is 0 Å². The standard InChI is InChI=1S/C23H20FIN4O3S/c1-13-9-20(22(29(2)23(13)30)27-19-8-7-16(25)10-18(19)24)28-33(31,32)21-11-17(21)15-5-3-14(12-26)4-6-15/h3-10,17,21,27-28H,11H2,1-2H3. The number of hydrogen-bond donors (Lipinski definition) is 2. The third-order valence-electron chi connectivity index (χ3n) is 5.63. The predicted octanol–water partition coefficient (Wildman–Crippen LogP) is 4.35. The third-order valence-corrected chi connectivity index (χ3v) is 8.12. The summed E-state index contributed by atoms with van der Waals surface area (Å²) in [5.74, 6) is -0.564. The van der Waals surface area contributed by atoms with E-state index in [0.29, 0.717) is 21.1 Å².